The first-order valence-corrected chi connectivity index (χ1v) is 11.5. The number of aliphatic hydroxyl groups is 1. The van der Waals surface area contributed by atoms with Crippen LogP contribution in [-0.4, -0.2) is 66.5 Å². The molecular formula is C26H32N2O6. The Bertz CT molecular complexity index is 1050. The smallest absolute Gasteiger partial charge is 0.290 e. The second-order valence-electron chi connectivity index (χ2n) is 7.75. The average molecular weight is 469 g/mol. The van der Waals surface area contributed by atoms with Crippen molar-refractivity contribution in [2.24, 2.45) is 0 Å². The molecular weight excluding hydrogens is 436 g/mol. The van der Waals surface area contributed by atoms with Gasteiger partial charge in [-0.3, -0.25) is 9.59 Å². The molecule has 1 aliphatic rings. The third kappa shape index (κ3) is 5.34. The molecule has 1 aromatic carbocycles. The fraction of sp³-hybridized carbons (Fsp3) is 0.385. The number of hydrogen-bond donors (Lipinski definition) is 1. The summed E-state index contributed by atoms with van der Waals surface area (Å²) in [5, 5.41) is 10.8. The minimum atomic E-state index is -0.763. The van der Waals surface area contributed by atoms with Crippen LogP contribution in [0.2, 0.25) is 0 Å². The fourth-order valence-electron chi connectivity index (χ4n) is 4.03. The van der Waals surface area contributed by atoms with Crippen LogP contribution in [0.1, 0.15) is 38.1 Å². The summed E-state index contributed by atoms with van der Waals surface area (Å²) < 4.78 is 16.4. The molecule has 1 aromatic heterocycles. The molecule has 0 bridgehead atoms. The van der Waals surface area contributed by atoms with Crippen LogP contribution in [0.5, 0.6) is 11.5 Å². The number of carbonyl (C=O) groups is 2. The summed E-state index contributed by atoms with van der Waals surface area (Å²) in [6, 6.07) is 7.95. The van der Waals surface area contributed by atoms with Gasteiger partial charge in [-0.15, -0.1) is 0 Å². The summed E-state index contributed by atoms with van der Waals surface area (Å²) in [7, 11) is 1.53. The molecule has 0 radical (unpaired) electrons. The Hall–Kier alpha value is -3.52. The van der Waals surface area contributed by atoms with Gasteiger partial charge in [0.15, 0.2) is 23.0 Å². The largest absolute Gasteiger partial charge is 0.503 e. The molecule has 1 aliphatic heterocycles. The number of ether oxygens (including phenoxy) is 2. The number of benzene rings is 1. The molecule has 182 valence electrons. The van der Waals surface area contributed by atoms with Crippen molar-refractivity contribution in [3.8, 4) is 11.5 Å². The minimum Gasteiger partial charge on any atom is -0.503 e. The van der Waals surface area contributed by atoms with Gasteiger partial charge in [-0.05, 0) is 62.0 Å². The summed E-state index contributed by atoms with van der Waals surface area (Å²) in [6.07, 6.45) is 4.33. The Morgan fingerprint density at radius 2 is 1.97 bits per heavy atom. The topological polar surface area (TPSA) is 92.5 Å². The van der Waals surface area contributed by atoms with Gasteiger partial charge in [0.2, 0.25) is 0 Å². The van der Waals surface area contributed by atoms with Crippen LogP contribution in [0, 0.1) is 0 Å². The minimum absolute atomic E-state index is 0.0265. The molecule has 2 heterocycles. The van der Waals surface area contributed by atoms with E-state index < -0.39 is 23.5 Å². The number of methoxy groups -OCH3 is 1. The van der Waals surface area contributed by atoms with Crippen molar-refractivity contribution in [2.45, 2.75) is 26.8 Å². The maximum atomic E-state index is 13.2. The van der Waals surface area contributed by atoms with Gasteiger partial charge in [0, 0.05) is 13.1 Å². The van der Waals surface area contributed by atoms with Gasteiger partial charge in [0.1, 0.15) is 5.76 Å². The molecule has 3 rings (SSSR count). The van der Waals surface area contributed by atoms with Crippen LogP contribution in [-0.2, 0) is 9.59 Å². The fourth-order valence-corrected chi connectivity index (χ4v) is 4.03. The zero-order valence-corrected chi connectivity index (χ0v) is 20.1. The summed E-state index contributed by atoms with van der Waals surface area (Å²) >= 11 is 0. The van der Waals surface area contributed by atoms with Crippen molar-refractivity contribution in [2.75, 3.05) is 39.9 Å². The Balaban J connectivity index is 2.01. The molecule has 1 unspecified atom stereocenters. The second-order valence-corrected chi connectivity index (χ2v) is 7.75. The van der Waals surface area contributed by atoms with E-state index in [1.54, 1.807) is 30.3 Å². The monoisotopic (exact) mass is 468 g/mol. The lowest BCUT2D eigenvalue weighted by Crippen LogP contribution is -2.38. The van der Waals surface area contributed by atoms with E-state index in [2.05, 4.69) is 4.90 Å². The van der Waals surface area contributed by atoms with E-state index in [4.69, 9.17) is 13.9 Å². The van der Waals surface area contributed by atoms with E-state index in [1.807, 2.05) is 20.8 Å². The predicted octanol–water partition coefficient (Wildman–Crippen LogP) is 4.01. The van der Waals surface area contributed by atoms with E-state index in [0.717, 1.165) is 13.1 Å². The zero-order valence-electron chi connectivity index (χ0n) is 20.1. The third-order valence-electron chi connectivity index (χ3n) is 5.87. The van der Waals surface area contributed by atoms with Gasteiger partial charge in [0.05, 0.1) is 31.6 Å². The highest BCUT2D eigenvalue weighted by Crippen LogP contribution is 2.41. The number of amides is 1. The van der Waals surface area contributed by atoms with E-state index in [9.17, 15) is 14.7 Å². The van der Waals surface area contributed by atoms with E-state index in [1.165, 1.54) is 30.4 Å². The van der Waals surface area contributed by atoms with Crippen molar-refractivity contribution in [3.05, 3.63) is 65.3 Å². The average Bonchev–Trinajstić information content (AvgIpc) is 3.46. The van der Waals surface area contributed by atoms with E-state index in [0.29, 0.717) is 42.5 Å². The van der Waals surface area contributed by atoms with Crippen molar-refractivity contribution in [3.63, 3.8) is 0 Å². The SMILES string of the molecule is CCOc1ccc(C2C(C(=O)/C=C/c3ccco3)=C(O)C(=O)N2CCN(CC)CC)cc1OC. The Kier molecular flexibility index (Phi) is 8.54. The van der Waals surface area contributed by atoms with Crippen LogP contribution in [0.25, 0.3) is 6.08 Å². The molecule has 8 heteroatoms. The van der Waals surface area contributed by atoms with Crippen LogP contribution in [0.15, 0.2) is 58.4 Å². The first kappa shape index (κ1) is 25.1. The highest BCUT2D eigenvalue weighted by atomic mass is 16.5. The molecule has 0 saturated carbocycles. The number of ketones is 1. The zero-order chi connectivity index (χ0) is 24.7. The summed E-state index contributed by atoms with van der Waals surface area (Å²) in [5.41, 5.74) is 0.672. The number of aliphatic hydroxyl groups excluding tert-OH is 1. The number of nitrogens with zero attached hydrogens (tertiary/aromatic N) is 2. The van der Waals surface area contributed by atoms with Gasteiger partial charge >= 0.3 is 0 Å². The van der Waals surface area contributed by atoms with Crippen LogP contribution in [0.3, 0.4) is 0 Å². The molecule has 0 spiro atoms. The molecule has 1 amide bonds. The predicted molar refractivity (Wildman–Crippen MR) is 129 cm³/mol. The van der Waals surface area contributed by atoms with Gasteiger partial charge < -0.3 is 28.8 Å². The van der Waals surface area contributed by atoms with Crippen LogP contribution in [0.4, 0.5) is 0 Å². The Labute approximate surface area is 200 Å². The van der Waals surface area contributed by atoms with Gasteiger partial charge in [-0.25, -0.2) is 0 Å². The number of furan rings is 1. The maximum Gasteiger partial charge on any atom is 0.290 e. The molecule has 8 nitrogen and oxygen atoms in total. The summed E-state index contributed by atoms with van der Waals surface area (Å²) in [4.78, 5) is 30.0. The lowest BCUT2D eigenvalue weighted by molar-refractivity contribution is -0.129. The molecule has 34 heavy (non-hydrogen) atoms. The highest BCUT2D eigenvalue weighted by Gasteiger charge is 2.43. The third-order valence-corrected chi connectivity index (χ3v) is 5.87. The van der Waals surface area contributed by atoms with Gasteiger partial charge in [-0.1, -0.05) is 19.9 Å². The van der Waals surface area contributed by atoms with Crippen LogP contribution < -0.4 is 9.47 Å². The standard InChI is InChI=1S/C26H32N2O6/c1-5-27(6-2)14-15-28-24(18-10-13-21(33-7-3)22(17-18)32-4)23(25(30)26(28)31)20(29)12-11-19-9-8-16-34-19/h8-13,16-17,24,30H,5-7,14-15H2,1-4H3/b12-11+. The summed E-state index contributed by atoms with van der Waals surface area (Å²) in [5.74, 6) is -0.0292. The van der Waals surface area contributed by atoms with Crippen molar-refractivity contribution < 1.29 is 28.6 Å². The number of hydrogen-bond acceptors (Lipinski definition) is 7. The van der Waals surface area contributed by atoms with Crippen molar-refractivity contribution >= 4 is 17.8 Å². The number of carbonyl (C=O) groups excluding carboxylic acids is 2. The van der Waals surface area contributed by atoms with E-state index in [-0.39, 0.29) is 5.57 Å². The molecule has 1 N–H and O–H groups in total. The summed E-state index contributed by atoms with van der Waals surface area (Å²) in [6.45, 7) is 9.07. The first-order valence-electron chi connectivity index (χ1n) is 11.5. The normalized spacial score (nSPS) is 16.2. The number of allylic oxidation sites excluding steroid dienone is 1. The van der Waals surface area contributed by atoms with Crippen molar-refractivity contribution in [1.82, 2.24) is 9.80 Å². The van der Waals surface area contributed by atoms with E-state index >= 15 is 0 Å². The maximum absolute atomic E-state index is 13.2. The number of rotatable bonds is 12. The quantitative estimate of drug-likeness (QED) is 0.471. The molecule has 0 aliphatic carbocycles. The molecule has 1 atom stereocenters. The molecule has 0 saturated heterocycles. The lowest BCUT2D eigenvalue weighted by Gasteiger charge is -2.29. The molecule has 0 fully saturated rings. The van der Waals surface area contributed by atoms with Gasteiger partial charge in [0.25, 0.3) is 5.91 Å². The van der Waals surface area contributed by atoms with Crippen LogP contribution >= 0.6 is 0 Å². The Morgan fingerprint density at radius 3 is 2.59 bits per heavy atom. The lowest BCUT2D eigenvalue weighted by atomic mass is 9.95. The molecule has 2 aromatic rings. The number of likely N-dealkylation sites (N-methyl/N-ethyl adjacent to an activating group) is 1. The first-order chi connectivity index (χ1) is 16.4. The highest BCUT2D eigenvalue weighted by molar-refractivity contribution is 6.14. The van der Waals surface area contributed by atoms with Crippen molar-refractivity contribution in [1.29, 1.82) is 0 Å². The van der Waals surface area contributed by atoms with Gasteiger partial charge in [-0.2, -0.15) is 0 Å². The Morgan fingerprint density at radius 1 is 1.21 bits per heavy atom. The second kappa shape index (κ2) is 11.6.